The molecule has 2 atom stereocenters. The summed E-state index contributed by atoms with van der Waals surface area (Å²) in [5, 5.41) is 13.3. The summed E-state index contributed by atoms with van der Waals surface area (Å²) >= 11 is 5.98. The number of phenols is 1. The highest BCUT2D eigenvalue weighted by Crippen LogP contribution is 2.37. The second-order valence-corrected chi connectivity index (χ2v) is 8.01. The second-order valence-electron chi connectivity index (χ2n) is 7.57. The van der Waals surface area contributed by atoms with Gasteiger partial charge in [0.1, 0.15) is 17.6 Å². The molecule has 1 saturated carbocycles. The van der Waals surface area contributed by atoms with Crippen molar-refractivity contribution in [3.05, 3.63) is 88.9 Å². The zero-order valence-corrected chi connectivity index (χ0v) is 17.3. The molecule has 4 rings (SSSR count). The molecule has 30 heavy (non-hydrogen) atoms. The van der Waals surface area contributed by atoms with Crippen LogP contribution < -0.4 is 10.1 Å². The van der Waals surface area contributed by atoms with E-state index in [0.717, 1.165) is 19.3 Å². The molecule has 1 aliphatic rings. The van der Waals surface area contributed by atoms with Gasteiger partial charge >= 0.3 is 0 Å². The van der Waals surface area contributed by atoms with E-state index in [1.165, 1.54) is 30.2 Å². The molecule has 3 aromatic carbocycles. The predicted molar refractivity (Wildman–Crippen MR) is 120 cm³/mol. The molecule has 0 heterocycles. The minimum Gasteiger partial charge on any atom is -0.507 e. The summed E-state index contributed by atoms with van der Waals surface area (Å²) in [5.41, 5.74) is 1.98. The van der Waals surface area contributed by atoms with Gasteiger partial charge < -0.3 is 15.2 Å². The van der Waals surface area contributed by atoms with E-state index in [1.54, 1.807) is 6.07 Å². The van der Waals surface area contributed by atoms with Crippen molar-refractivity contribution < 1.29 is 14.6 Å². The Morgan fingerprint density at radius 1 is 0.967 bits per heavy atom. The van der Waals surface area contributed by atoms with E-state index in [-0.39, 0.29) is 17.4 Å². The Bertz CT molecular complexity index is 1020. The number of carbonyl (C=O) groups excluding carboxylic acids is 1. The number of anilines is 1. The number of carbonyl (C=O) groups is 1. The minimum absolute atomic E-state index is 0.0405. The second kappa shape index (κ2) is 9.23. The average molecular weight is 422 g/mol. The van der Waals surface area contributed by atoms with E-state index in [1.807, 2.05) is 24.3 Å². The van der Waals surface area contributed by atoms with Crippen molar-refractivity contribution in [1.82, 2.24) is 0 Å². The van der Waals surface area contributed by atoms with Crippen LogP contribution in [0.1, 0.15) is 47.5 Å². The summed E-state index contributed by atoms with van der Waals surface area (Å²) in [6.07, 6.45) is 4.40. The van der Waals surface area contributed by atoms with Crippen LogP contribution in [0.5, 0.6) is 11.5 Å². The van der Waals surface area contributed by atoms with E-state index in [9.17, 15) is 9.90 Å². The van der Waals surface area contributed by atoms with Gasteiger partial charge in [-0.15, -0.1) is 0 Å². The molecule has 154 valence electrons. The van der Waals surface area contributed by atoms with Gasteiger partial charge in [0.15, 0.2) is 0 Å². The van der Waals surface area contributed by atoms with Crippen LogP contribution in [-0.2, 0) is 0 Å². The first-order chi connectivity index (χ1) is 14.6. The quantitative estimate of drug-likeness (QED) is 0.500. The maximum absolute atomic E-state index is 12.7. The lowest BCUT2D eigenvalue weighted by molar-refractivity contribution is 0.102. The summed E-state index contributed by atoms with van der Waals surface area (Å²) in [7, 11) is 0. The third-order valence-corrected chi connectivity index (χ3v) is 5.78. The molecule has 1 aliphatic carbocycles. The third kappa shape index (κ3) is 4.60. The van der Waals surface area contributed by atoms with Crippen LogP contribution in [0, 0.1) is 0 Å². The number of aromatic hydroxyl groups is 1. The van der Waals surface area contributed by atoms with Crippen LogP contribution in [0.3, 0.4) is 0 Å². The van der Waals surface area contributed by atoms with Gasteiger partial charge in [0.2, 0.25) is 0 Å². The molecule has 0 aliphatic heterocycles. The van der Waals surface area contributed by atoms with E-state index in [4.69, 9.17) is 16.3 Å². The van der Waals surface area contributed by atoms with Crippen molar-refractivity contribution in [2.24, 2.45) is 0 Å². The van der Waals surface area contributed by atoms with Crippen molar-refractivity contribution >= 4 is 23.2 Å². The van der Waals surface area contributed by atoms with Crippen molar-refractivity contribution in [3.8, 4) is 11.5 Å². The molecular formula is C25H24ClNO3. The Hall–Kier alpha value is -2.98. The molecule has 2 N–H and O–H groups in total. The molecule has 0 aromatic heterocycles. The lowest BCUT2D eigenvalue weighted by Crippen LogP contribution is -2.29. The van der Waals surface area contributed by atoms with Crippen LogP contribution in [0.15, 0.2) is 72.8 Å². The lowest BCUT2D eigenvalue weighted by Gasteiger charge is -2.33. The van der Waals surface area contributed by atoms with Crippen molar-refractivity contribution in [1.29, 1.82) is 0 Å². The van der Waals surface area contributed by atoms with Gasteiger partial charge in [0, 0.05) is 10.9 Å². The maximum atomic E-state index is 12.7. The van der Waals surface area contributed by atoms with E-state index >= 15 is 0 Å². The monoisotopic (exact) mass is 421 g/mol. The standard InChI is InChI=1S/C25H24ClNO3/c26-18-14-15-22(28)20(16-18)25(29)27-21-11-5-7-13-24(21)30-23-12-6-4-10-19(23)17-8-2-1-3-9-17/h1-3,5,7-9,11,13-16,19,23,28H,4,6,10,12H2,(H,27,29)/t19-,23-/m0/s1. The molecule has 4 nitrogen and oxygen atoms in total. The molecule has 0 unspecified atom stereocenters. The number of amides is 1. The minimum atomic E-state index is -0.436. The average Bonchev–Trinajstić information content (AvgIpc) is 2.77. The molecular weight excluding hydrogens is 398 g/mol. The summed E-state index contributed by atoms with van der Waals surface area (Å²) in [6.45, 7) is 0. The highest BCUT2D eigenvalue weighted by Gasteiger charge is 2.29. The van der Waals surface area contributed by atoms with Gasteiger partial charge in [-0.2, -0.15) is 0 Å². The molecule has 3 aromatic rings. The Balaban J connectivity index is 1.55. The van der Waals surface area contributed by atoms with Crippen molar-refractivity contribution in [3.63, 3.8) is 0 Å². The summed E-state index contributed by atoms with van der Waals surface area (Å²) in [5.74, 6) is 0.391. The fraction of sp³-hybridized carbons (Fsp3) is 0.240. The first-order valence-electron chi connectivity index (χ1n) is 10.2. The molecule has 0 radical (unpaired) electrons. The van der Waals surface area contributed by atoms with Gasteiger partial charge in [-0.3, -0.25) is 4.79 Å². The molecule has 1 fully saturated rings. The highest BCUT2D eigenvalue weighted by atomic mass is 35.5. The van der Waals surface area contributed by atoms with Gasteiger partial charge in [0.05, 0.1) is 11.3 Å². The van der Waals surface area contributed by atoms with Crippen LogP contribution in [0.25, 0.3) is 0 Å². The zero-order chi connectivity index (χ0) is 20.9. The maximum Gasteiger partial charge on any atom is 0.259 e. The van der Waals surface area contributed by atoms with Crippen LogP contribution >= 0.6 is 11.6 Å². The number of phenolic OH excluding ortho intramolecular Hbond substituents is 1. The number of ether oxygens (including phenoxy) is 1. The number of para-hydroxylation sites is 2. The van der Waals surface area contributed by atoms with Gasteiger partial charge in [0.25, 0.3) is 5.91 Å². The molecule has 0 spiro atoms. The van der Waals surface area contributed by atoms with Crippen molar-refractivity contribution in [2.45, 2.75) is 37.7 Å². The van der Waals surface area contributed by atoms with Gasteiger partial charge in [-0.1, -0.05) is 60.5 Å². The lowest BCUT2D eigenvalue weighted by atomic mass is 9.81. The number of benzene rings is 3. The van der Waals surface area contributed by atoms with E-state index in [0.29, 0.717) is 22.4 Å². The largest absolute Gasteiger partial charge is 0.507 e. The molecule has 0 saturated heterocycles. The highest BCUT2D eigenvalue weighted by molar-refractivity contribution is 6.31. The molecule has 0 bridgehead atoms. The fourth-order valence-electron chi connectivity index (χ4n) is 4.03. The van der Waals surface area contributed by atoms with Gasteiger partial charge in [-0.25, -0.2) is 0 Å². The summed E-state index contributed by atoms with van der Waals surface area (Å²) in [6, 6.07) is 22.3. The van der Waals surface area contributed by atoms with Crippen LogP contribution in [0.2, 0.25) is 5.02 Å². The number of hydrogen-bond acceptors (Lipinski definition) is 3. The SMILES string of the molecule is O=C(Nc1ccccc1O[C@H]1CCCC[C@H]1c1ccccc1)c1cc(Cl)ccc1O. The van der Waals surface area contributed by atoms with E-state index < -0.39 is 5.91 Å². The number of rotatable bonds is 5. The predicted octanol–water partition coefficient (Wildman–Crippen LogP) is 6.40. The van der Waals surface area contributed by atoms with Crippen LogP contribution in [0.4, 0.5) is 5.69 Å². The first kappa shape index (κ1) is 20.3. The van der Waals surface area contributed by atoms with Crippen LogP contribution in [-0.4, -0.2) is 17.1 Å². The van der Waals surface area contributed by atoms with Crippen molar-refractivity contribution in [2.75, 3.05) is 5.32 Å². The topological polar surface area (TPSA) is 58.6 Å². The van der Waals surface area contributed by atoms with E-state index in [2.05, 4.69) is 29.6 Å². The Kier molecular flexibility index (Phi) is 6.24. The number of hydrogen-bond donors (Lipinski definition) is 2. The number of halogens is 1. The Morgan fingerprint density at radius 2 is 1.70 bits per heavy atom. The fourth-order valence-corrected chi connectivity index (χ4v) is 4.21. The normalized spacial score (nSPS) is 18.6. The summed E-state index contributed by atoms with van der Waals surface area (Å²) in [4.78, 5) is 12.7. The Morgan fingerprint density at radius 3 is 2.53 bits per heavy atom. The number of nitrogens with one attached hydrogen (secondary N) is 1. The first-order valence-corrected chi connectivity index (χ1v) is 10.6. The third-order valence-electron chi connectivity index (χ3n) is 5.55. The molecule has 5 heteroatoms. The summed E-state index contributed by atoms with van der Waals surface area (Å²) < 4.78 is 6.44. The molecule has 1 amide bonds. The Labute approximate surface area is 181 Å². The smallest absolute Gasteiger partial charge is 0.259 e. The zero-order valence-electron chi connectivity index (χ0n) is 16.6. The van der Waals surface area contributed by atoms with Gasteiger partial charge in [-0.05, 0) is 55.2 Å².